The van der Waals surface area contributed by atoms with E-state index in [0.717, 1.165) is 12.8 Å². The summed E-state index contributed by atoms with van der Waals surface area (Å²) in [5, 5.41) is 4.04. The van der Waals surface area contributed by atoms with Gasteiger partial charge in [-0.25, -0.2) is 8.42 Å². The molecule has 0 saturated carbocycles. The minimum Gasteiger partial charge on any atom is -0.356 e. The Balaban J connectivity index is 1.69. The monoisotopic (exact) mass is 394 g/mol. The molecule has 10 nitrogen and oxygen atoms in total. The number of nitrogens with zero attached hydrogens (tertiary/aromatic N) is 4. The molecule has 0 spiro atoms. The molecule has 1 saturated heterocycles. The second-order valence-electron chi connectivity index (χ2n) is 6.54. The second-order valence-corrected chi connectivity index (χ2v) is 8.22. The quantitative estimate of drug-likeness (QED) is 0.732. The van der Waals surface area contributed by atoms with Crippen LogP contribution in [0, 0.1) is 0 Å². The Kier molecular flexibility index (Phi) is 5.22. The van der Waals surface area contributed by atoms with E-state index in [0.29, 0.717) is 13.1 Å². The highest BCUT2D eigenvalue weighted by Gasteiger charge is 2.24. The van der Waals surface area contributed by atoms with Crippen LogP contribution in [-0.2, 0) is 21.4 Å². The van der Waals surface area contributed by atoms with Crippen molar-refractivity contribution in [3.05, 3.63) is 30.2 Å². The van der Waals surface area contributed by atoms with E-state index in [1.807, 2.05) is 0 Å². The van der Waals surface area contributed by atoms with E-state index in [4.69, 9.17) is 0 Å². The van der Waals surface area contributed by atoms with Crippen LogP contribution in [-0.4, -0.2) is 72.0 Å². The molecular formula is C16H22N6O4S. The van der Waals surface area contributed by atoms with Gasteiger partial charge in [0.25, 0.3) is 15.9 Å². The number of aromatic amines is 1. The average Bonchev–Trinajstić information content (AvgIpc) is 3.35. The van der Waals surface area contributed by atoms with Gasteiger partial charge in [-0.1, -0.05) is 0 Å². The first kappa shape index (κ1) is 19.0. The van der Waals surface area contributed by atoms with Gasteiger partial charge in [0, 0.05) is 45.6 Å². The molecule has 1 aliphatic heterocycles. The number of aromatic nitrogens is 3. The van der Waals surface area contributed by atoms with Gasteiger partial charge >= 0.3 is 0 Å². The topological polar surface area (TPSA) is 120 Å². The Morgan fingerprint density at radius 3 is 2.67 bits per heavy atom. The van der Waals surface area contributed by atoms with Crippen molar-refractivity contribution in [1.29, 1.82) is 0 Å². The number of nitrogens with one attached hydrogen (secondary N) is 2. The van der Waals surface area contributed by atoms with E-state index in [-0.39, 0.29) is 34.8 Å². The predicted octanol–water partition coefficient (Wildman–Crippen LogP) is 0.336. The zero-order chi connectivity index (χ0) is 19.6. The lowest BCUT2D eigenvalue weighted by Crippen LogP contribution is -2.27. The molecule has 1 aliphatic rings. The molecule has 0 atom stereocenters. The minimum absolute atomic E-state index is 0.00731. The van der Waals surface area contributed by atoms with Gasteiger partial charge in [-0.3, -0.25) is 19.0 Å². The molecule has 2 aromatic rings. The van der Waals surface area contributed by atoms with Gasteiger partial charge in [0.15, 0.2) is 5.82 Å². The zero-order valence-electron chi connectivity index (χ0n) is 15.2. The van der Waals surface area contributed by atoms with Crippen LogP contribution in [0.2, 0.25) is 0 Å². The van der Waals surface area contributed by atoms with Gasteiger partial charge in [-0.2, -0.15) is 5.10 Å². The summed E-state index contributed by atoms with van der Waals surface area (Å²) in [6, 6.07) is 2.78. The highest BCUT2D eigenvalue weighted by Crippen LogP contribution is 2.18. The lowest BCUT2D eigenvalue weighted by Gasteiger charge is -2.13. The number of amides is 2. The summed E-state index contributed by atoms with van der Waals surface area (Å²) in [7, 11) is -0.649. The Labute approximate surface area is 157 Å². The van der Waals surface area contributed by atoms with Crippen LogP contribution < -0.4 is 4.72 Å². The number of H-pyrrole nitrogens is 1. The number of hydrogen-bond donors (Lipinski definition) is 2. The molecule has 2 N–H and O–H groups in total. The first-order valence-electron chi connectivity index (χ1n) is 8.50. The largest absolute Gasteiger partial charge is 0.356 e. The Morgan fingerprint density at radius 2 is 2.00 bits per heavy atom. The number of likely N-dealkylation sites (N-methyl/N-ethyl adjacent to an activating group) is 1. The molecule has 146 valence electrons. The van der Waals surface area contributed by atoms with Crippen molar-refractivity contribution in [2.45, 2.75) is 24.3 Å². The highest BCUT2D eigenvalue weighted by molar-refractivity contribution is 7.92. The fraction of sp³-hybridized carbons (Fsp3) is 0.438. The maximum Gasteiger partial charge on any atom is 0.270 e. The van der Waals surface area contributed by atoms with Gasteiger partial charge in [0.05, 0.1) is 0 Å². The molecule has 3 heterocycles. The first-order chi connectivity index (χ1) is 12.8. The van der Waals surface area contributed by atoms with E-state index >= 15 is 0 Å². The summed E-state index contributed by atoms with van der Waals surface area (Å²) in [6.07, 6.45) is 4.70. The first-order valence-corrected chi connectivity index (χ1v) is 9.99. The third kappa shape index (κ3) is 4.30. The van der Waals surface area contributed by atoms with Crippen LogP contribution in [0.5, 0.6) is 0 Å². The van der Waals surface area contributed by atoms with Crippen molar-refractivity contribution >= 4 is 27.7 Å². The number of rotatable bonds is 6. The van der Waals surface area contributed by atoms with Crippen LogP contribution >= 0.6 is 0 Å². The van der Waals surface area contributed by atoms with E-state index in [1.165, 1.54) is 34.1 Å². The number of carbonyl (C=O) groups excluding carboxylic acids is 2. The maximum absolute atomic E-state index is 12.5. The van der Waals surface area contributed by atoms with Crippen LogP contribution in [0.25, 0.3) is 0 Å². The SMILES string of the molecule is CN(C)C(=O)Cn1ccc(NS(=O)(=O)c2c[nH]c(C(=O)N3CCCC3)c2)n1. The number of likely N-dealkylation sites (tertiary alicyclic amines) is 1. The number of sulfonamides is 1. The van der Waals surface area contributed by atoms with Crippen molar-refractivity contribution in [3.8, 4) is 0 Å². The fourth-order valence-electron chi connectivity index (χ4n) is 2.72. The summed E-state index contributed by atoms with van der Waals surface area (Å²) >= 11 is 0. The summed E-state index contributed by atoms with van der Waals surface area (Å²) in [4.78, 5) is 29.8. The van der Waals surface area contributed by atoms with E-state index in [1.54, 1.807) is 19.0 Å². The van der Waals surface area contributed by atoms with E-state index in [9.17, 15) is 18.0 Å². The third-order valence-electron chi connectivity index (χ3n) is 4.27. The Hall–Kier alpha value is -2.82. The maximum atomic E-state index is 12.5. The van der Waals surface area contributed by atoms with Crippen molar-refractivity contribution in [2.75, 3.05) is 31.9 Å². The van der Waals surface area contributed by atoms with Crippen molar-refractivity contribution < 1.29 is 18.0 Å². The lowest BCUT2D eigenvalue weighted by atomic mass is 10.4. The molecule has 0 bridgehead atoms. The molecule has 0 aliphatic carbocycles. The standard InChI is InChI=1S/C16H22N6O4S/c1-20(2)15(23)11-22-8-5-14(18-22)19-27(25,26)12-9-13(17-10-12)16(24)21-6-3-4-7-21/h5,8-10,17H,3-4,6-7,11H2,1-2H3,(H,18,19). The molecule has 0 aromatic carbocycles. The molecule has 11 heteroatoms. The normalized spacial score (nSPS) is 14.4. The van der Waals surface area contributed by atoms with Crippen LogP contribution in [0.3, 0.4) is 0 Å². The summed E-state index contributed by atoms with van der Waals surface area (Å²) in [6.45, 7) is 1.37. The Bertz CT molecular complexity index is 940. The van der Waals surface area contributed by atoms with E-state index in [2.05, 4.69) is 14.8 Å². The minimum atomic E-state index is -3.90. The molecule has 2 aromatic heterocycles. The third-order valence-corrected chi connectivity index (χ3v) is 5.60. The van der Waals surface area contributed by atoms with Gasteiger partial charge < -0.3 is 14.8 Å². The van der Waals surface area contributed by atoms with Gasteiger partial charge in [-0.05, 0) is 18.9 Å². The van der Waals surface area contributed by atoms with Gasteiger partial charge in [-0.15, -0.1) is 0 Å². The number of anilines is 1. The van der Waals surface area contributed by atoms with Crippen molar-refractivity contribution in [1.82, 2.24) is 24.6 Å². The second kappa shape index (κ2) is 7.43. The van der Waals surface area contributed by atoms with E-state index < -0.39 is 10.0 Å². The van der Waals surface area contributed by atoms with Crippen LogP contribution in [0.15, 0.2) is 29.4 Å². The summed E-state index contributed by atoms with van der Waals surface area (Å²) < 4.78 is 28.7. The summed E-state index contributed by atoms with van der Waals surface area (Å²) in [5.41, 5.74) is 0.236. The molecule has 1 fully saturated rings. The Morgan fingerprint density at radius 1 is 1.30 bits per heavy atom. The van der Waals surface area contributed by atoms with Crippen molar-refractivity contribution in [3.63, 3.8) is 0 Å². The zero-order valence-corrected chi connectivity index (χ0v) is 16.0. The van der Waals surface area contributed by atoms with Gasteiger partial charge in [0.1, 0.15) is 17.1 Å². The predicted molar refractivity (Wildman–Crippen MR) is 97.7 cm³/mol. The van der Waals surface area contributed by atoms with Crippen LogP contribution in [0.4, 0.5) is 5.82 Å². The molecule has 0 unspecified atom stereocenters. The number of hydrogen-bond acceptors (Lipinski definition) is 5. The van der Waals surface area contributed by atoms with Gasteiger partial charge in [0.2, 0.25) is 5.91 Å². The molecular weight excluding hydrogens is 372 g/mol. The molecule has 3 rings (SSSR count). The average molecular weight is 394 g/mol. The number of carbonyl (C=O) groups is 2. The highest BCUT2D eigenvalue weighted by atomic mass is 32.2. The molecule has 0 radical (unpaired) electrons. The fourth-order valence-corrected chi connectivity index (χ4v) is 3.71. The summed E-state index contributed by atoms with van der Waals surface area (Å²) in [5.74, 6) is -0.279. The molecule has 2 amide bonds. The molecule has 27 heavy (non-hydrogen) atoms. The van der Waals surface area contributed by atoms with Crippen molar-refractivity contribution in [2.24, 2.45) is 0 Å². The smallest absolute Gasteiger partial charge is 0.270 e. The lowest BCUT2D eigenvalue weighted by molar-refractivity contribution is -0.129. The van der Waals surface area contributed by atoms with Crippen LogP contribution in [0.1, 0.15) is 23.3 Å².